The molecular formula is C8H5O2S-. The van der Waals surface area contributed by atoms with Crippen molar-refractivity contribution >= 4 is 11.1 Å². The number of terminal acetylenes is 1. The van der Waals surface area contributed by atoms with Crippen molar-refractivity contribution in [2.24, 2.45) is 0 Å². The third-order valence-corrected chi connectivity index (χ3v) is 1.83. The molecule has 0 heterocycles. The Bertz CT molecular complexity index is 325. The zero-order valence-corrected chi connectivity index (χ0v) is 6.43. The second kappa shape index (κ2) is 3.33. The van der Waals surface area contributed by atoms with Gasteiger partial charge in [0.15, 0.2) is 0 Å². The molecule has 0 saturated heterocycles. The predicted molar refractivity (Wildman–Crippen MR) is 41.6 cm³/mol. The summed E-state index contributed by atoms with van der Waals surface area (Å²) in [5.74, 6) is 2.35. The van der Waals surface area contributed by atoms with Gasteiger partial charge in [-0.05, 0) is 29.3 Å². The minimum absolute atomic E-state index is 0.223. The van der Waals surface area contributed by atoms with Crippen molar-refractivity contribution in [1.82, 2.24) is 0 Å². The Morgan fingerprint density at radius 2 is 2.27 bits per heavy atom. The minimum Gasteiger partial charge on any atom is -0.768 e. The fourth-order valence-corrected chi connectivity index (χ4v) is 1.10. The molecular weight excluding hydrogens is 160 g/mol. The highest BCUT2D eigenvalue weighted by atomic mass is 32.2. The summed E-state index contributed by atoms with van der Waals surface area (Å²) in [7, 11) is 0. The second-order valence-electron chi connectivity index (χ2n) is 1.91. The summed E-state index contributed by atoms with van der Waals surface area (Å²) in [4.78, 5) is 0.223. The van der Waals surface area contributed by atoms with Gasteiger partial charge in [-0.3, -0.25) is 4.21 Å². The maximum atomic E-state index is 10.4. The van der Waals surface area contributed by atoms with E-state index in [0.29, 0.717) is 5.56 Å². The first-order valence-electron chi connectivity index (χ1n) is 2.90. The molecule has 2 nitrogen and oxygen atoms in total. The van der Waals surface area contributed by atoms with E-state index in [1.807, 2.05) is 0 Å². The van der Waals surface area contributed by atoms with Crippen LogP contribution in [0.4, 0.5) is 0 Å². The molecule has 0 aliphatic rings. The molecule has 1 rings (SSSR count). The van der Waals surface area contributed by atoms with Crippen molar-refractivity contribution in [3.05, 3.63) is 29.8 Å². The van der Waals surface area contributed by atoms with Gasteiger partial charge < -0.3 is 4.55 Å². The maximum Gasteiger partial charge on any atom is 0.0261 e. The molecule has 0 saturated carbocycles. The van der Waals surface area contributed by atoms with Crippen molar-refractivity contribution in [3.63, 3.8) is 0 Å². The molecule has 1 unspecified atom stereocenters. The van der Waals surface area contributed by atoms with E-state index in [9.17, 15) is 8.76 Å². The van der Waals surface area contributed by atoms with Gasteiger partial charge in [0.25, 0.3) is 0 Å². The Morgan fingerprint density at radius 1 is 1.55 bits per heavy atom. The smallest absolute Gasteiger partial charge is 0.0261 e. The van der Waals surface area contributed by atoms with Crippen molar-refractivity contribution in [1.29, 1.82) is 0 Å². The van der Waals surface area contributed by atoms with Gasteiger partial charge >= 0.3 is 0 Å². The standard InChI is InChI=1S/C8H6O2S/c1-2-7-4-3-5-8(6-7)11(9)10/h1,3-6H,(H,9,10)/p-1. The van der Waals surface area contributed by atoms with Crippen LogP contribution in [0.1, 0.15) is 5.56 Å². The average molecular weight is 165 g/mol. The Hall–Kier alpha value is -1.11. The van der Waals surface area contributed by atoms with Crippen molar-refractivity contribution in [2.45, 2.75) is 4.90 Å². The first-order chi connectivity index (χ1) is 5.24. The third kappa shape index (κ3) is 1.90. The van der Waals surface area contributed by atoms with Crippen molar-refractivity contribution < 1.29 is 8.76 Å². The highest BCUT2D eigenvalue weighted by Crippen LogP contribution is 2.06. The van der Waals surface area contributed by atoms with E-state index in [-0.39, 0.29) is 4.90 Å². The van der Waals surface area contributed by atoms with Crippen LogP contribution in [0.3, 0.4) is 0 Å². The fourth-order valence-electron chi connectivity index (χ4n) is 0.690. The van der Waals surface area contributed by atoms with Gasteiger partial charge in [-0.1, -0.05) is 12.0 Å². The molecule has 11 heavy (non-hydrogen) atoms. The van der Waals surface area contributed by atoms with Crippen LogP contribution in [0.25, 0.3) is 0 Å². The van der Waals surface area contributed by atoms with Gasteiger partial charge in [-0.25, -0.2) is 0 Å². The van der Waals surface area contributed by atoms with Crippen LogP contribution in [0.5, 0.6) is 0 Å². The van der Waals surface area contributed by atoms with Crippen molar-refractivity contribution in [2.75, 3.05) is 0 Å². The summed E-state index contributed by atoms with van der Waals surface area (Å²) >= 11 is -2.19. The van der Waals surface area contributed by atoms with Gasteiger partial charge in [0, 0.05) is 10.5 Å². The van der Waals surface area contributed by atoms with Crippen LogP contribution >= 0.6 is 0 Å². The molecule has 56 valence electrons. The van der Waals surface area contributed by atoms with E-state index < -0.39 is 11.1 Å². The lowest BCUT2D eigenvalue weighted by Gasteiger charge is -2.03. The van der Waals surface area contributed by atoms with Crippen LogP contribution in [0, 0.1) is 12.3 Å². The molecule has 0 fully saturated rings. The van der Waals surface area contributed by atoms with Gasteiger partial charge in [-0.15, -0.1) is 6.42 Å². The average Bonchev–Trinajstić information content (AvgIpc) is 2.05. The number of hydrogen-bond donors (Lipinski definition) is 0. The molecule has 0 spiro atoms. The summed E-state index contributed by atoms with van der Waals surface area (Å²) < 4.78 is 20.8. The van der Waals surface area contributed by atoms with Crippen LogP contribution in [-0.2, 0) is 11.1 Å². The zero-order chi connectivity index (χ0) is 8.27. The highest BCUT2D eigenvalue weighted by molar-refractivity contribution is 7.79. The van der Waals surface area contributed by atoms with E-state index in [1.54, 1.807) is 12.1 Å². The van der Waals surface area contributed by atoms with E-state index >= 15 is 0 Å². The Kier molecular flexibility index (Phi) is 2.42. The topological polar surface area (TPSA) is 40.1 Å². The molecule has 0 bridgehead atoms. The van der Waals surface area contributed by atoms with Gasteiger partial charge in [0.2, 0.25) is 0 Å². The molecule has 1 atom stereocenters. The molecule has 0 aliphatic heterocycles. The zero-order valence-electron chi connectivity index (χ0n) is 5.61. The highest BCUT2D eigenvalue weighted by Gasteiger charge is 1.91. The number of rotatable bonds is 1. The normalized spacial score (nSPS) is 12.0. The van der Waals surface area contributed by atoms with Gasteiger partial charge in [0.05, 0.1) is 0 Å². The molecule has 0 aliphatic carbocycles. The summed E-state index contributed by atoms with van der Waals surface area (Å²) in [6.07, 6.45) is 5.07. The molecule has 1 aromatic carbocycles. The summed E-state index contributed by atoms with van der Waals surface area (Å²) in [5.41, 5.74) is 0.576. The van der Waals surface area contributed by atoms with Gasteiger partial charge in [-0.2, -0.15) is 0 Å². The van der Waals surface area contributed by atoms with Crippen LogP contribution in [-0.4, -0.2) is 8.76 Å². The van der Waals surface area contributed by atoms with Crippen LogP contribution < -0.4 is 0 Å². The van der Waals surface area contributed by atoms with Crippen molar-refractivity contribution in [3.8, 4) is 12.3 Å². The van der Waals surface area contributed by atoms with E-state index in [0.717, 1.165) is 0 Å². The molecule has 0 amide bonds. The molecule has 0 aromatic heterocycles. The quantitative estimate of drug-likeness (QED) is 0.458. The lowest BCUT2D eigenvalue weighted by Crippen LogP contribution is -1.88. The van der Waals surface area contributed by atoms with E-state index in [2.05, 4.69) is 5.92 Å². The van der Waals surface area contributed by atoms with Crippen LogP contribution in [0.2, 0.25) is 0 Å². The lowest BCUT2D eigenvalue weighted by atomic mass is 10.2. The summed E-state index contributed by atoms with van der Waals surface area (Å²) in [5, 5.41) is 0. The SMILES string of the molecule is C#Cc1cccc(S(=O)[O-])c1. The monoisotopic (exact) mass is 165 g/mol. The number of benzene rings is 1. The largest absolute Gasteiger partial charge is 0.768 e. The first kappa shape index (κ1) is 7.99. The van der Waals surface area contributed by atoms with E-state index in [1.165, 1.54) is 12.1 Å². The Morgan fingerprint density at radius 3 is 2.82 bits per heavy atom. The Balaban J connectivity index is 3.13. The first-order valence-corrected chi connectivity index (χ1v) is 3.97. The number of hydrogen-bond acceptors (Lipinski definition) is 2. The molecule has 1 aromatic rings. The summed E-state index contributed by atoms with van der Waals surface area (Å²) in [6, 6.07) is 6.23. The predicted octanol–water partition coefficient (Wildman–Crippen LogP) is 0.906. The third-order valence-electron chi connectivity index (χ3n) is 1.19. The Labute approximate surface area is 67.5 Å². The van der Waals surface area contributed by atoms with Crippen LogP contribution in [0.15, 0.2) is 29.2 Å². The molecule has 0 N–H and O–H groups in total. The van der Waals surface area contributed by atoms with Gasteiger partial charge in [0.1, 0.15) is 0 Å². The fraction of sp³-hybridized carbons (Fsp3) is 0. The van der Waals surface area contributed by atoms with E-state index in [4.69, 9.17) is 6.42 Å². The maximum absolute atomic E-state index is 10.4. The molecule has 0 radical (unpaired) electrons. The summed E-state index contributed by atoms with van der Waals surface area (Å²) in [6.45, 7) is 0. The molecule has 3 heteroatoms. The minimum atomic E-state index is -2.19. The lowest BCUT2D eigenvalue weighted by molar-refractivity contribution is 0.537. The second-order valence-corrected chi connectivity index (χ2v) is 2.85.